The first-order valence-corrected chi connectivity index (χ1v) is 11.9. The molecule has 2 aromatic carbocycles. The van der Waals surface area contributed by atoms with Crippen LogP contribution in [0.15, 0.2) is 42.5 Å². The number of hydrogen-bond donors (Lipinski definition) is 1. The van der Waals surface area contributed by atoms with Crippen molar-refractivity contribution in [3.63, 3.8) is 0 Å². The zero-order chi connectivity index (χ0) is 24.2. The van der Waals surface area contributed by atoms with Crippen molar-refractivity contribution in [2.75, 3.05) is 19.0 Å². The molecule has 178 valence electrons. The second kappa shape index (κ2) is 13.9. The van der Waals surface area contributed by atoms with Gasteiger partial charge >= 0.3 is 11.9 Å². The molecule has 1 N–H and O–H groups in total. The Balaban J connectivity index is 2.06. The van der Waals surface area contributed by atoms with E-state index in [2.05, 4.69) is 12.2 Å². The number of amides is 1. The molecule has 1 amide bonds. The van der Waals surface area contributed by atoms with Crippen molar-refractivity contribution in [1.29, 1.82) is 0 Å². The molecule has 0 fully saturated rings. The molecule has 0 aliphatic heterocycles. The van der Waals surface area contributed by atoms with Crippen LogP contribution in [0.5, 0.6) is 5.75 Å². The Hall–Kier alpha value is -2.57. The number of alkyl halides is 1. The van der Waals surface area contributed by atoms with Crippen LogP contribution in [0.1, 0.15) is 60.5 Å². The molecule has 0 aliphatic rings. The summed E-state index contributed by atoms with van der Waals surface area (Å²) in [4.78, 5) is 35.3. The van der Waals surface area contributed by atoms with Gasteiger partial charge in [0, 0.05) is 12.1 Å². The van der Waals surface area contributed by atoms with E-state index in [1.54, 1.807) is 31.2 Å². The lowest BCUT2D eigenvalue weighted by Crippen LogP contribution is -2.26. The molecule has 0 bridgehead atoms. The predicted octanol–water partition coefficient (Wildman–Crippen LogP) is 5.29. The van der Waals surface area contributed by atoms with Crippen LogP contribution in [-0.2, 0) is 20.7 Å². The van der Waals surface area contributed by atoms with Crippen LogP contribution in [0.4, 0.5) is 0 Å². The van der Waals surface area contributed by atoms with Gasteiger partial charge in [0.15, 0.2) is 0 Å². The molecule has 2 rings (SSSR count). The molecule has 6 nitrogen and oxygen atoms in total. The van der Waals surface area contributed by atoms with Gasteiger partial charge in [-0.2, -0.15) is 0 Å². The minimum absolute atomic E-state index is 0.138. The van der Waals surface area contributed by atoms with E-state index in [4.69, 9.17) is 32.7 Å². The highest BCUT2D eigenvalue weighted by atomic mass is 35.5. The number of rotatable bonds is 12. The lowest BCUT2D eigenvalue weighted by atomic mass is 9.88. The van der Waals surface area contributed by atoms with Gasteiger partial charge in [-0.3, -0.25) is 14.4 Å². The van der Waals surface area contributed by atoms with E-state index < -0.39 is 5.97 Å². The van der Waals surface area contributed by atoms with E-state index in [-0.39, 0.29) is 36.6 Å². The lowest BCUT2D eigenvalue weighted by molar-refractivity contribution is -0.143. The van der Waals surface area contributed by atoms with Crippen LogP contribution in [0.2, 0.25) is 5.02 Å². The van der Waals surface area contributed by atoms with Gasteiger partial charge in [0.25, 0.3) is 5.91 Å². The summed E-state index contributed by atoms with van der Waals surface area (Å²) in [5.41, 5.74) is 2.62. The summed E-state index contributed by atoms with van der Waals surface area (Å²) in [6.07, 6.45) is 2.80. The second-order valence-corrected chi connectivity index (χ2v) is 8.17. The highest BCUT2D eigenvalue weighted by molar-refractivity contribution is 6.32. The van der Waals surface area contributed by atoms with Crippen LogP contribution < -0.4 is 10.1 Å². The average Bonchev–Trinajstić information content (AvgIpc) is 2.81. The standard InChI is InChI=1S/C25H29Cl2NO5/c1-3-5-20(14-17-6-11-21(27)22(15-17)33-24(30)16-26)18-7-9-19(10-8-18)25(31)28-13-12-23(29)32-4-2/h6-11,15,20H,3-5,12-14,16H2,1-2H3,(H,28,31)/t20-/m1/s1. The molecule has 0 radical (unpaired) electrons. The molecular weight excluding hydrogens is 465 g/mol. The number of carbonyl (C=O) groups is 3. The smallest absolute Gasteiger partial charge is 0.326 e. The van der Waals surface area contributed by atoms with Gasteiger partial charge < -0.3 is 14.8 Å². The van der Waals surface area contributed by atoms with Crippen LogP contribution in [0.3, 0.4) is 0 Å². The molecule has 0 unspecified atom stereocenters. The molecule has 0 aromatic heterocycles. The lowest BCUT2D eigenvalue weighted by Gasteiger charge is -2.18. The van der Waals surface area contributed by atoms with E-state index in [0.29, 0.717) is 22.9 Å². The monoisotopic (exact) mass is 493 g/mol. The third-order valence-electron chi connectivity index (χ3n) is 5.01. The number of hydrogen-bond acceptors (Lipinski definition) is 5. The fourth-order valence-corrected chi connectivity index (χ4v) is 3.65. The number of esters is 2. The summed E-state index contributed by atoms with van der Waals surface area (Å²) in [5, 5.41) is 3.08. The van der Waals surface area contributed by atoms with E-state index in [0.717, 1.165) is 30.4 Å². The summed E-state index contributed by atoms with van der Waals surface area (Å²) in [5.74, 6) is -0.864. The van der Waals surface area contributed by atoms with Crippen molar-refractivity contribution in [2.24, 2.45) is 0 Å². The summed E-state index contributed by atoms with van der Waals surface area (Å²) >= 11 is 11.7. The van der Waals surface area contributed by atoms with E-state index in [1.165, 1.54) is 0 Å². The van der Waals surface area contributed by atoms with Crippen molar-refractivity contribution in [1.82, 2.24) is 5.32 Å². The third kappa shape index (κ3) is 8.71. The molecule has 0 aliphatic carbocycles. The molecule has 2 aromatic rings. The Bertz CT molecular complexity index is 946. The van der Waals surface area contributed by atoms with Crippen molar-refractivity contribution < 1.29 is 23.9 Å². The SMILES string of the molecule is CCC[C@H](Cc1ccc(Cl)c(OC(=O)CCl)c1)c1ccc(C(=O)NCCC(=O)OCC)cc1. The van der Waals surface area contributed by atoms with E-state index in [9.17, 15) is 14.4 Å². The van der Waals surface area contributed by atoms with Crippen molar-refractivity contribution in [3.8, 4) is 5.75 Å². The Morgan fingerprint density at radius 3 is 2.39 bits per heavy atom. The van der Waals surface area contributed by atoms with Gasteiger partial charge in [-0.1, -0.05) is 43.1 Å². The molecule has 0 spiro atoms. The summed E-state index contributed by atoms with van der Waals surface area (Å²) in [6.45, 7) is 4.41. The Morgan fingerprint density at radius 1 is 1.03 bits per heavy atom. The fraction of sp³-hybridized carbons (Fsp3) is 0.400. The van der Waals surface area contributed by atoms with Gasteiger partial charge in [0.1, 0.15) is 11.6 Å². The van der Waals surface area contributed by atoms with E-state index >= 15 is 0 Å². The molecule has 33 heavy (non-hydrogen) atoms. The molecule has 0 saturated carbocycles. The number of nitrogens with one attached hydrogen (secondary N) is 1. The highest BCUT2D eigenvalue weighted by Crippen LogP contribution is 2.31. The van der Waals surface area contributed by atoms with Gasteiger partial charge in [-0.05, 0) is 61.1 Å². The average molecular weight is 494 g/mol. The van der Waals surface area contributed by atoms with Gasteiger partial charge in [0.05, 0.1) is 18.1 Å². The highest BCUT2D eigenvalue weighted by Gasteiger charge is 2.15. The minimum Gasteiger partial charge on any atom is -0.466 e. The Morgan fingerprint density at radius 2 is 1.76 bits per heavy atom. The van der Waals surface area contributed by atoms with Crippen LogP contribution in [0.25, 0.3) is 0 Å². The van der Waals surface area contributed by atoms with E-state index in [1.807, 2.05) is 18.2 Å². The maximum atomic E-state index is 12.3. The predicted molar refractivity (Wildman–Crippen MR) is 129 cm³/mol. The molecule has 8 heteroatoms. The summed E-state index contributed by atoms with van der Waals surface area (Å²) < 4.78 is 10.1. The Kier molecular flexibility index (Phi) is 11.2. The maximum Gasteiger partial charge on any atom is 0.326 e. The van der Waals surface area contributed by atoms with Gasteiger partial charge in [-0.25, -0.2) is 0 Å². The van der Waals surface area contributed by atoms with Gasteiger partial charge in [0.2, 0.25) is 0 Å². The van der Waals surface area contributed by atoms with Crippen LogP contribution in [0, 0.1) is 0 Å². The van der Waals surface area contributed by atoms with Crippen molar-refractivity contribution in [3.05, 3.63) is 64.2 Å². The van der Waals surface area contributed by atoms with Gasteiger partial charge in [-0.15, -0.1) is 11.6 Å². The topological polar surface area (TPSA) is 81.7 Å². The summed E-state index contributed by atoms with van der Waals surface area (Å²) in [6, 6.07) is 12.9. The first kappa shape index (κ1) is 26.7. The number of benzene rings is 2. The first-order chi connectivity index (χ1) is 15.9. The minimum atomic E-state index is -0.558. The molecule has 0 heterocycles. The van der Waals surface area contributed by atoms with Crippen molar-refractivity contribution in [2.45, 2.75) is 45.4 Å². The normalized spacial score (nSPS) is 11.5. The maximum absolute atomic E-state index is 12.3. The number of halogens is 2. The zero-order valence-corrected chi connectivity index (χ0v) is 20.4. The zero-order valence-electron chi connectivity index (χ0n) is 18.9. The third-order valence-corrected chi connectivity index (χ3v) is 5.54. The molecule has 1 atom stereocenters. The molecular formula is C25H29Cl2NO5. The largest absolute Gasteiger partial charge is 0.466 e. The van der Waals surface area contributed by atoms with Crippen LogP contribution in [-0.4, -0.2) is 36.9 Å². The van der Waals surface area contributed by atoms with Crippen LogP contribution >= 0.6 is 23.2 Å². The van der Waals surface area contributed by atoms with Crippen molar-refractivity contribution >= 4 is 41.0 Å². The second-order valence-electron chi connectivity index (χ2n) is 7.50. The Labute approximate surface area is 204 Å². The fourth-order valence-electron chi connectivity index (χ4n) is 3.44. The molecule has 0 saturated heterocycles. The summed E-state index contributed by atoms with van der Waals surface area (Å²) in [7, 11) is 0. The number of ether oxygens (including phenoxy) is 2. The first-order valence-electron chi connectivity index (χ1n) is 11.0. The quantitative estimate of drug-likeness (QED) is 0.246. The number of carbonyl (C=O) groups excluding carboxylic acids is 3.